The van der Waals surface area contributed by atoms with Gasteiger partial charge in [0, 0.05) is 16.6 Å². The van der Waals surface area contributed by atoms with E-state index < -0.39 is 27.6 Å². The third kappa shape index (κ3) is 3.64. The summed E-state index contributed by atoms with van der Waals surface area (Å²) in [4.78, 5) is 0. The lowest BCUT2D eigenvalue weighted by Gasteiger charge is -2.06. The van der Waals surface area contributed by atoms with Crippen LogP contribution in [0.4, 0.5) is 13.2 Å². The molecule has 0 atom stereocenters. The zero-order chi connectivity index (χ0) is 15.0. The fourth-order valence-corrected chi connectivity index (χ4v) is 2.03. The highest BCUT2D eigenvalue weighted by molar-refractivity contribution is 7.85. The van der Waals surface area contributed by atoms with Crippen LogP contribution in [0.5, 0.6) is 0 Å². The van der Waals surface area contributed by atoms with E-state index in [1.165, 1.54) is 18.3 Å². The molecule has 2 rings (SSSR count). The second kappa shape index (κ2) is 4.98. The maximum Gasteiger partial charge on any atom is 0.416 e. The first kappa shape index (κ1) is 14.7. The summed E-state index contributed by atoms with van der Waals surface area (Å²) in [6, 6.07) is 4.59. The van der Waals surface area contributed by atoms with Crippen molar-refractivity contribution in [1.29, 1.82) is 0 Å². The molecule has 0 bridgehead atoms. The molecule has 0 aliphatic heterocycles. The number of alkyl halides is 3. The van der Waals surface area contributed by atoms with Crippen molar-refractivity contribution in [2.45, 2.75) is 12.7 Å². The summed E-state index contributed by atoms with van der Waals surface area (Å²) in [5, 5.41) is 4.35. The summed E-state index contributed by atoms with van der Waals surface area (Å²) in [5.74, 6) is -0.671. The number of rotatable bonds is 3. The minimum atomic E-state index is -4.48. The molecule has 0 aliphatic carbocycles. The van der Waals surface area contributed by atoms with E-state index in [1.807, 2.05) is 0 Å². The van der Waals surface area contributed by atoms with Crippen LogP contribution in [-0.2, 0) is 22.8 Å². The molecule has 0 saturated carbocycles. The zero-order valence-corrected chi connectivity index (χ0v) is 10.8. The summed E-state index contributed by atoms with van der Waals surface area (Å²) in [6.07, 6.45) is -3.07. The Labute approximate surface area is 112 Å². The summed E-state index contributed by atoms with van der Waals surface area (Å²) >= 11 is 0. The van der Waals surface area contributed by atoms with Gasteiger partial charge in [-0.05, 0) is 12.1 Å². The largest absolute Gasteiger partial charge is 0.748 e. The molecule has 9 heteroatoms. The molecule has 1 heterocycles. The van der Waals surface area contributed by atoms with Gasteiger partial charge < -0.3 is 4.55 Å². The van der Waals surface area contributed by atoms with Gasteiger partial charge in [0.1, 0.15) is 15.6 Å². The van der Waals surface area contributed by atoms with Crippen molar-refractivity contribution in [1.82, 2.24) is 5.10 Å². The van der Waals surface area contributed by atoms with E-state index in [4.69, 9.17) is 0 Å². The fourth-order valence-electron chi connectivity index (χ4n) is 1.62. The van der Waals surface area contributed by atoms with Crippen LogP contribution in [0.15, 0.2) is 30.5 Å². The molecule has 0 amide bonds. The molecule has 0 N–H and O–H groups in total. The number of aromatic nitrogens is 2. The Morgan fingerprint density at radius 3 is 2.55 bits per heavy atom. The molecule has 0 radical (unpaired) electrons. The predicted octanol–water partition coefficient (Wildman–Crippen LogP) is 1.09. The molecule has 5 nitrogen and oxygen atoms in total. The molecule has 0 aliphatic rings. The molecule has 1 aromatic carbocycles. The Balaban J connectivity index is 2.36. The molecule has 1 aromatic heterocycles. The van der Waals surface area contributed by atoms with Crippen LogP contribution < -0.4 is 4.68 Å². The van der Waals surface area contributed by atoms with Crippen molar-refractivity contribution < 1.29 is 30.8 Å². The smallest absolute Gasteiger partial charge is 0.416 e. The van der Waals surface area contributed by atoms with Gasteiger partial charge in [-0.3, -0.25) is 0 Å². The minimum absolute atomic E-state index is 0.0746. The molecular weight excluding hydrogens is 297 g/mol. The van der Waals surface area contributed by atoms with Gasteiger partial charge in [-0.25, -0.2) is 8.42 Å². The Morgan fingerprint density at radius 1 is 1.25 bits per heavy atom. The Hall–Kier alpha value is -1.74. The van der Waals surface area contributed by atoms with Gasteiger partial charge in [-0.1, -0.05) is 10.7 Å². The number of aryl methyl sites for hydroxylation is 1. The molecular formula is C11H9F3N2O3S. The van der Waals surface area contributed by atoms with Gasteiger partial charge >= 0.3 is 6.18 Å². The Morgan fingerprint density at radius 2 is 1.95 bits per heavy atom. The quantitative estimate of drug-likeness (QED) is 0.628. The van der Waals surface area contributed by atoms with E-state index in [0.29, 0.717) is 5.39 Å². The molecule has 0 unspecified atom stereocenters. The van der Waals surface area contributed by atoms with E-state index >= 15 is 0 Å². The highest BCUT2D eigenvalue weighted by atomic mass is 32.2. The van der Waals surface area contributed by atoms with E-state index in [9.17, 15) is 26.1 Å². The zero-order valence-electron chi connectivity index (χ0n) is 9.96. The van der Waals surface area contributed by atoms with Crippen LogP contribution >= 0.6 is 0 Å². The number of benzene rings is 1. The van der Waals surface area contributed by atoms with Crippen LogP contribution in [-0.4, -0.2) is 23.8 Å². The first-order chi connectivity index (χ1) is 9.15. The number of hydrogen-bond acceptors (Lipinski definition) is 4. The standard InChI is InChI=1S/C11H9F3N2O3S/c12-11(13,14)9-2-1-8-3-4-16(15-10(8)7-9)5-6-20(17,18)19/h1-4,7H,5-6H2. The van der Waals surface area contributed by atoms with Crippen molar-refractivity contribution in [3.63, 3.8) is 0 Å². The maximum absolute atomic E-state index is 12.6. The number of halogens is 3. The Kier molecular flexibility index (Phi) is 3.65. The molecule has 0 spiro atoms. The first-order valence-electron chi connectivity index (χ1n) is 5.46. The third-order valence-electron chi connectivity index (χ3n) is 2.59. The lowest BCUT2D eigenvalue weighted by atomic mass is 10.1. The lowest BCUT2D eigenvalue weighted by Crippen LogP contribution is -2.40. The van der Waals surface area contributed by atoms with E-state index in [-0.39, 0.29) is 12.1 Å². The number of fused-ring (bicyclic) bond motifs is 1. The van der Waals surface area contributed by atoms with Crippen molar-refractivity contribution in [3.05, 3.63) is 36.0 Å². The highest BCUT2D eigenvalue weighted by Gasteiger charge is 2.30. The molecule has 20 heavy (non-hydrogen) atoms. The Bertz CT molecular complexity index is 744. The second-order valence-electron chi connectivity index (χ2n) is 4.11. The van der Waals surface area contributed by atoms with E-state index in [0.717, 1.165) is 16.8 Å². The van der Waals surface area contributed by atoms with Gasteiger partial charge in [-0.15, -0.1) is 0 Å². The van der Waals surface area contributed by atoms with Crippen LogP contribution in [0.2, 0.25) is 0 Å². The molecule has 0 fully saturated rings. The first-order valence-corrected chi connectivity index (χ1v) is 7.04. The monoisotopic (exact) mass is 306 g/mol. The lowest BCUT2D eigenvalue weighted by molar-refractivity contribution is -0.747. The van der Waals surface area contributed by atoms with E-state index in [1.54, 1.807) is 0 Å². The van der Waals surface area contributed by atoms with Crippen LogP contribution in [0, 0.1) is 0 Å². The van der Waals surface area contributed by atoms with Crippen LogP contribution in [0.25, 0.3) is 10.9 Å². The van der Waals surface area contributed by atoms with Gasteiger partial charge in [0.05, 0.1) is 11.3 Å². The predicted molar refractivity (Wildman–Crippen MR) is 61.5 cm³/mol. The minimum Gasteiger partial charge on any atom is -0.748 e. The van der Waals surface area contributed by atoms with Crippen molar-refractivity contribution in [2.24, 2.45) is 0 Å². The number of nitrogens with zero attached hydrogens (tertiary/aromatic N) is 2. The fraction of sp³-hybridized carbons (Fsp3) is 0.273. The topological polar surface area (TPSA) is 74.0 Å². The van der Waals surface area contributed by atoms with Crippen molar-refractivity contribution in [3.8, 4) is 0 Å². The van der Waals surface area contributed by atoms with Crippen LogP contribution in [0.1, 0.15) is 5.56 Å². The number of hydrogen-bond donors (Lipinski definition) is 0. The van der Waals surface area contributed by atoms with Gasteiger partial charge in [0.15, 0.2) is 12.7 Å². The summed E-state index contributed by atoms with van der Waals surface area (Å²) in [7, 11) is -4.40. The average molecular weight is 306 g/mol. The normalized spacial score (nSPS) is 12.8. The molecule has 108 valence electrons. The van der Waals surface area contributed by atoms with Gasteiger partial charge in [0.2, 0.25) is 0 Å². The SMILES string of the molecule is O=S(=O)([O-])CC[n+]1ccc2ccc(C(F)(F)F)cc2n1. The van der Waals surface area contributed by atoms with Crippen molar-refractivity contribution >= 4 is 21.0 Å². The third-order valence-corrected chi connectivity index (χ3v) is 3.27. The van der Waals surface area contributed by atoms with Crippen molar-refractivity contribution in [2.75, 3.05) is 5.75 Å². The van der Waals surface area contributed by atoms with E-state index in [2.05, 4.69) is 5.10 Å². The second-order valence-corrected chi connectivity index (χ2v) is 5.64. The molecule has 0 saturated heterocycles. The summed E-state index contributed by atoms with van der Waals surface area (Å²) in [5.41, 5.74) is -0.766. The molecule has 2 aromatic rings. The maximum atomic E-state index is 12.6. The summed E-state index contributed by atoms with van der Waals surface area (Å²) in [6.45, 7) is -0.210. The van der Waals surface area contributed by atoms with Gasteiger partial charge in [0.25, 0.3) is 0 Å². The summed E-state index contributed by atoms with van der Waals surface area (Å²) < 4.78 is 70.3. The average Bonchev–Trinajstić information content (AvgIpc) is 2.33. The van der Waals surface area contributed by atoms with Gasteiger partial charge in [-0.2, -0.15) is 13.2 Å². The van der Waals surface area contributed by atoms with Crippen LogP contribution in [0.3, 0.4) is 0 Å². The highest BCUT2D eigenvalue weighted by Crippen LogP contribution is 2.30.